The highest BCUT2D eigenvalue weighted by Crippen LogP contribution is 2.09. The molecule has 0 aromatic carbocycles. The summed E-state index contributed by atoms with van der Waals surface area (Å²) in [5.41, 5.74) is 1.09. The van der Waals surface area contributed by atoms with Gasteiger partial charge in [-0.2, -0.15) is 0 Å². The quantitative estimate of drug-likeness (QED) is 0.715. The van der Waals surface area contributed by atoms with Crippen LogP contribution in [-0.4, -0.2) is 16.4 Å². The van der Waals surface area contributed by atoms with E-state index in [0.717, 1.165) is 24.2 Å². The largest absolute Gasteiger partial charge is 0.393 e. The molecule has 1 N–H and O–H groups in total. The molecule has 0 aliphatic rings. The number of aromatic nitrogens is 1. The second-order valence-electron chi connectivity index (χ2n) is 2.79. The van der Waals surface area contributed by atoms with Gasteiger partial charge in [-0.25, -0.2) is 0 Å². The Labute approximate surface area is 66.0 Å². The maximum absolute atomic E-state index is 8.99. The molecule has 1 heterocycles. The molecular formula is C8H13NO2. The molecule has 0 aliphatic carbocycles. The van der Waals surface area contributed by atoms with Gasteiger partial charge in [-0.05, 0) is 26.7 Å². The van der Waals surface area contributed by atoms with Crippen molar-refractivity contribution < 1.29 is 9.63 Å². The summed E-state index contributed by atoms with van der Waals surface area (Å²) in [6.45, 7) is 3.66. The first-order chi connectivity index (χ1) is 5.20. The van der Waals surface area contributed by atoms with Crippen LogP contribution in [0.25, 0.3) is 0 Å². The van der Waals surface area contributed by atoms with Gasteiger partial charge in [-0.3, -0.25) is 0 Å². The fourth-order valence-corrected chi connectivity index (χ4v) is 0.924. The van der Waals surface area contributed by atoms with Crippen molar-refractivity contribution in [2.24, 2.45) is 0 Å². The summed E-state index contributed by atoms with van der Waals surface area (Å²) in [7, 11) is 0. The normalized spacial score (nSPS) is 13.4. The van der Waals surface area contributed by atoms with Gasteiger partial charge in [-0.1, -0.05) is 5.16 Å². The van der Waals surface area contributed by atoms with E-state index in [0.29, 0.717) is 0 Å². The number of aliphatic hydroxyl groups is 1. The lowest BCUT2D eigenvalue weighted by Crippen LogP contribution is -2.01. The van der Waals surface area contributed by atoms with E-state index >= 15 is 0 Å². The van der Waals surface area contributed by atoms with Crippen molar-refractivity contribution in [3.05, 3.63) is 17.5 Å². The highest BCUT2D eigenvalue weighted by atomic mass is 16.5. The van der Waals surface area contributed by atoms with E-state index in [-0.39, 0.29) is 6.10 Å². The summed E-state index contributed by atoms with van der Waals surface area (Å²) < 4.78 is 4.87. The Kier molecular flexibility index (Phi) is 2.65. The predicted octanol–water partition coefficient (Wildman–Crippen LogP) is 1.30. The zero-order chi connectivity index (χ0) is 8.27. The van der Waals surface area contributed by atoms with Gasteiger partial charge in [0, 0.05) is 5.56 Å². The SMILES string of the molecule is Cc1oncc1CCC(C)O. The third-order valence-electron chi connectivity index (χ3n) is 1.68. The zero-order valence-electron chi connectivity index (χ0n) is 6.87. The molecule has 11 heavy (non-hydrogen) atoms. The molecule has 0 amide bonds. The lowest BCUT2D eigenvalue weighted by Gasteiger charge is -2.00. The number of aliphatic hydroxyl groups excluding tert-OH is 1. The molecular weight excluding hydrogens is 142 g/mol. The van der Waals surface area contributed by atoms with Gasteiger partial charge < -0.3 is 9.63 Å². The molecule has 1 rings (SSSR count). The zero-order valence-corrected chi connectivity index (χ0v) is 6.87. The molecule has 0 radical (unpaired) electrons. The van der Waals surface area contributed by atoms with Crippen molar-refractivity contribution in [1.82, 2.24) is 5.16 Å². The maximum Gasteiger partial charge on any atom is 0.136 e. The smallest absolute Gasteiger partial charge is 0.136 e. The van der Waals surface area contributed by atoms with Crippen molar-refractivity contribution in [3.63, 3.8) is 0 Å². The van der Waals surface area contributed by atoms with E-state index in [2.05, 4.69) is 5.16 Å². The van der Waals surface area contributed by atoms with E-state index in [1.54, 1.807) is 13.1 Å². The molecule has 1 atom stereocenters. The van der Waals surface area contributed by atoms with Crippen molar-refractivity contribution in [3.8, 4) is 0 Å². The van der Waals surface area contributed by atoms with Crippen molar-refractivity contribution >= 4 is 0 Å². The minimum Gasteiger partial charge on any atom is -0.393 e. The second-order valence-corrected chi connectivity index (χ2v) is 2.79. The minimum absolute atomic E-state index is 0.246. The average Bonchev–Trinajstić information content (AvgIpc) is 2.31. The van der Waals surface area contributed by atoms with Gasteiger partial charge in [0.2, 0.25) is 0 Å². The molecule has 0 aliphatic heterocycles. The Balaban J connectivity index is 2.44. The van der Waals surface area contributed by atoms with Crippen LogP contribution in [0.15, 0.2) is 10.7 Å². The first kappa shape index (κ1) is 8.27. The van der Waals surface area contributed by atoms with Crippen molar-refractivity contribution in [2.45, 2.75) is 32.8 Å². The highest BCUT2D eigenvalue weighted by Gasteiger charge is 2.03. The Morgan fingerprint density at radius 3 is 2.91 bits per heavy atom. The molecule has 3 nitrogen and oxygen atoms in total. The molecule has 0 bridgehead atoms. The summed E-state index contributed by atoms with van der Waals surface area (Å²) in [6, 6.07) is 0. The Morgan fingerprint density at radius 2 is 2.45 bits per heavy atom. The van der Waals surface area contributed by atoms with E-state index in [9.17, 15) is 0 Å². The lowest BCUT2D eigenvalue weighted by molar-refractivity contribution is 0.185. The summed E-state index contributed by atoms with van der Waals surface area (Å²) in [5.74, 6) is 0.852. The molecule has 0 saturated carbocycles. The van der Waals surface area contributed by atoms with Gasteiger partial charge in [0.15, 0.2) is 0 Å². The topological polar surface area (TPSA) is 46.3 Å². The molecule has 0 fully saturated rings. The van der Waals surface area contributed by atoms with Gasteiger partial charge in [0.1, 0.15) is 5.76 Å². The van der Waals surface area contributed by atoms with E-state index in [1.807, 2.05) is 6.92 Å². The minimum atomic E-state index is -0.246. The fourth-order valence-electron chi connectivity index (χ4n) is 0.924. The van der Waals surface area contributed by atoms with Gasteiger partial charge >= 0.3 is 0 Å². The van der Waals surface area contributed by atoms with Crippen LogP contribution in [0.2, 0.25) is 0 Å². The first-order valence-corrected chi connectivity index (χ1v) is 3.78. The van der Waals surface area contributed by atoms with Crippen LogP contribution in [0, 0.1) is 6.92 Å². The van der Waals surface area contributed by atoms with Crippen LogP contribution in [0.1, 0.15) is 24.7 Å². The third kappa shape index (κ3) is 2.35. The standard InChI is InChI=1S/C8H13NO2/c1-6(10)3-4-8-5-9-11-7(8)2/h5-6,10H,3-4H2,1-2H3. The lowest BCUT2D eigenvalue weighted by atomic mass is 10.1. The molecule has 1 unspecified atom stereocenters. The van der Waals surface area contributed by atoms with Crippen molar-refractivity contribution in [2.75, 3.05) is 0 Å². The van der Waals surface area contributed by atoms with Crippen LogP contribution in [0.3, 0.4) is 0 Å². The summed E-state index contributed by atoms with van der Waals surface area (Å²) in [6.07, 6.45) is 3.07. The van der Waals surface area contributed by atoms with Crippen molar-refractivity contribution in [1.29, 1.82) is 0 Å². The number of hydrogen-bond donors (Lipinski definition) is 1. The maximum atomic E-state index is 8.99. The molecule has 0 spiro atoms. The molecule has 3 heteroatoms. The first-order valence-electron chi connectivity index (χ1n) is 3.78. The highest BCUT2D eigenvalue weighted by molar-refractivity contribution is 5.11. The van der Waals surface area contributed by atoms with Crippen LogP contribution < -0.4 is 0 Å². The summed E-state index contributed by atoms with van der Waals surface area (Å²) >= 11 is 0. The monoisotopic (exact) mass is 155 g/mol. The summed E-state index contributed by atoms with van der Waals surface area (Å²) in [4.78, 5) is 0. The second kappa shape index (κ2) is 3.53. The van der Waals surface area contributed by atoms with Crippen LogP contribution >= 0.6 is 0 Å². The van der Waals surface area contributed by atoms with E-state index in [1.165, 1.54) is 0 Å². The van der Waals surface area contributed by atoms with Crippen LogP contribution in [0.4, 0.5) is 0 Å². The molecule has 1 aromatic heterocycles. The fraction of sp³-hybridized carbons (Fsp3) is 0.625. The molecule has 62 valence electrons. The Bertz CT molecular complexity index is 218. The molecule has 0 saturated heterocycles. The van der Waals surface area contributed by atoms with Gasteiger partial charge in [-0.15, -0.1) is 0 Å². The number of hydrogen-bond acceptors (Lipinski definition) is 3. The predicted molar refractivity (Wildman–Crippen MR) is 41.2 cm³/mol. The average molecular weight is 155 g/mol. The Morgan fingerprint density at radius 1 is 1.73 bits per heavy atom. The third-order valence-corrected chi connectivity index (χ3v) is 1.68. The summed E-state index contributed by atoms with van der Waals surface area (Å²) in [5, 5.41) is 12.6. The molecule has 1 aromatic rings. The van der Waals surface area contributed by atoms with E-state index in [4.69, 9.17) is 9.63 Å². The Hall–Kier alpha value is -0.830. The number of rotatable bonds is 3. The van der Waals surface area contributed by atoms with Gasteiger partial charge in [0.25, 0.3) is 0 Å². The number of nitrogens with zero attached hydrogens (tertiary/aromatic N) is 1. The van der Waals surface area contributed by atoms with Gasteiger partial charge in [0.05, 0.1) is 12.3 Å². The number of aryl methyl sites for hydroxylation is 2. The van der Waals surface area contributed by atoms with Crippen LogP contribution in [0.5, 0.6) is 0 Å². The van der Waals surface area contributed by atoms with Crippen LogP contribution in [-0.2, 0) is 6.42 Å². The van der Waals surface area contributed by atoms with E-state index < -0.39 is 0 Å².